The van der Waals surface area contributed by atoms with Crippen molar-refractivity contribution in [3.8, 4) is 23.0 Å². The van der Waals surface area contributed by atoms with E-state index in [1.807, 2.05) is 12.3 Å². The maximum absolute atomic E-state index is 11.8. The molecule has 3 rings (SSSR count). The van der Waals surface area contributed by atoms with Crippen LogP contribution >= 0.6 is 0 Å². The van der Waals surface area contributed by atoms with Gasteiger partial charge >= 0.3 is 5.97 Å². The zero-order valence-corrected chi connectivity index (χ0v) is 28.4. The van der Waals surface area contributed by atoms with E-state index in [1.165, 1.54) is 29.4 Å². The molecule has 1 heterocycles. The number of carbonyl (C=O) groups excluding carboxylic acids is 1. The average Bonchev–Trinajstić information content (AvgIpc) is 2.96. The number of aryl methyl sites for hydroxylation is 2. The van der Waals surface area contributed by atoms with Crippen LogP contribution in [0.25, 0.3) is 11.1 Å². The van der Waals surface area contributed by atoms with E-state index in [4.69, 9.17) is 9.16 Å². The summed E-state index contributed by atoms with van der Waals surface area (Å²) in [6.07, 6.45) is 7.54. The normalized spacial score (nSPS) is 12.0. The SMILES string of the molecule is CCC(C#Cc1ccc(C(CC)(CC)c2ccc(-c3cncc(CC(=O)OC)c3)c(C)c2)cc1C)(CC)O[Si](C)(C)C. The van der Waals surface area contributed by atoms with E-state index in [9.17, 15) is 4.79 Å². The number of benzene rings is 2. The second-order valence-electron chi connectivity index (χ2n) is 12.3. The van der Waals surface area contributed by atoms with Crippen molar-refractivity contribution in [3.05, 3.63) is 88.2 Å². The van der Waals surface area contributed by atoms with E-state index in [-0.39, 0.29) is 23.4 Å². The van der Waals surface area contributed by atoms with Gasteiger partial charge in [-0.25, -0.2) is 0 Å². The molecule has 0 spiro atoms. The summed E-state index contributed by atoms with van der Waals surface area (Å²) in [6.45, 7) is 19.9. The molecule has 0 bridgehead atoms. The highest BCUT2D eigenvalue weighted by atomic mass is 28.4. The molecule has 4 nitrogen and oxygen atoms in total. The maximum Gasteiger partial charge on any atom is 0.310 e. The van der Waals surface area contributed by atoms with Gasteiger partial charge in [-0.3, -0.25) is 9.78 Å². The third-order valence-electron chi connectivity index (χ3n) is 8.52. The van der Waals surface area contributed by atoms with Crippen LogP contribution in [0.15, 0.2) is 54.9 Å². The van der Waals surface area contributed by atoms with Crippen LogP contribution in [0.1, 0.15) is 86.8 Å². The van der Waals surface area contributed by atoms with Crippen LogP contribution in [-0.2, 0) is 25.8 Å². The van der Waals surface area contributed by atoms with Gasteiger partial charge in [-0.1, -0.05) is 69.9 Å². The van der Waals surface area contributed by atoms with E-state index < -0.39 is 8.32 Å². The zero-order valence-electron chi connectivity index (χ0n) is 27.4. The summed E-state index contributed by atoms with van der Waals surface area (Å²) in [7, 11) is -0.325. The summed E-state index contributed by atoms with van der Waals surface area (Å²) in [5.74, 6) is 6.78. The molecule has 0 aliphatic carbocycles. The summed E-state index contributed by atoms with van der Waals surface area (Å²) in [4.78, 5) is 16.2. The molecular formula is C37H49NO3Si. The second kappa shape index (κ2) is 13.8. The van der Waals surface area contributed by atoms with Crippen molar-refractivity contribution in [1.82, 2.24) is 4.98 Å². The molecule has 0 radical (unpaired) electrons. The highest BCUT2D eigenvalue weighted by molar-refractivity contribution is 6.69. The average molecular weight is 584 g/mol. The lowest BCUT2D eigenvalue weighted by Gasteiger charge is -2.34. The summed E-state index contributed by atoms with van der Waals surface area (Å²) in [6, 6.07) is 15.6. The Balaban J connectivity index is 1.99. The van der Waals surface area contributed by atoms with Gasteiger partial charge in [0.2, 0.25) is 0 Å². The van der Waals surface area contributed by atoms with Crippen molar-refractivity contribution < 1.29 is 14.0 Å². The Morgan fingerprint density at radius 2 is 1.48 bits per heavy atom. The largest absolute Gasteiger partial charge is 0.469 e. The first kappa shape index (κ1) is 33.3. The number of nitrogens with zero attached hydrogens (tertiary/aromatic N) is 1. The van der Waals surface area contributed by atoms with Crippen LogP contribution < -0.4 is 0 Å². The van der Waals surface area contributed by atoms with Crippen molar-refractivity contribution in [2.24, 2.45) is 0 Å². The smallest absolute Gasteiger partial charge is 0.310 e. The van der Waals surface area contributed by atoms with Crippen molar-refractivity contribution in [1.29, 1.82) is 0 Å². The molecule has 5 heteroatoms. The Kier molecular flexibility index (Phi) is 11.0. The minimum absolute atomic E-state index is 0.109. The predicted molar refractivity (Wildman–Crippen MR) is 177 cm³/mol. The summed E-state index contributed by atoms with van der Waals surface area (Å²) >= 11 is 0. The molecule has 0 saturated carbocycles. The van der Waals surface area contributed by atoms with Gasteiger partial charge in [-0.2, -0.15) is 0 Å². The number of esters is 1. The number of hydrogen-bond donors (Lipinski definition) is 0. The van der Waals surface area contributed by atoms with Crippen molar-refractivity contribution in [2.45, 2.75) is 104 Å². The number of pyridine rings is 1. The van der Waals surface area contributed by atoms with Crippen LogP contribution in [0.4, 0.5) is 0 Å². The summed E-state index contributed by atoms with van der Waals surface area (Å²) in [5.41, 5.74) is 8.56. The third kappa shape index (κ3) is 7.59. The predicted octanol–water partition coefficient (Wildman–Crippen LogP) is 8.95. The Labute approximate surface area is 255 Å². The third-order valence-corrected chi connectivity index (χ3v) is 9.52. The fourth-order valence-electron chi connectivity index (χ4n) is 5.95. The van der Waals surface area contributed by atoms with Gasteiger partial charge in [0.1, 0.15) is 5.60 Å². The molecule has 0 amide bonds. The number of methoxy groups -OCH3 is 1. The van der Waals surface area contributed by atoms with Gasteiger partial charge in [0, 0.05) is 28.9 Å². The van der Waals surface area contributed by atoms with Gasteiger partial charge in [-0.15, -0.1) is 0 Å². The van der Waals surface area contributed by atoms with Crippen molar-refractivity contribution in [3.63, 3.8) is 0 Å². The quantitative estimate of drug-likeness (QED) is 0.128. The molecule has 0 saturated heterocycles. The molecular weight excluding hydrogens is 534 g/mol. The van der Waals surface area contributed by atoms with Gasteiger partial charge in [0.05, 0.1) is 13.5 Å². The minimum atomic E-state index is -1.73. The highest BCUT2D eigenvalue weighted by Crippen LogP contribution is 2.41. The first-order valence-electron chi connectivity index (χ1n) is 15.3. The monoisotopic (exact) mass is 583 g/mol. The molecule has 1 aromatic heterocycles. The van der Waals surface area contributed by atoms with Gasteiger partial charge in [0.25, 0.3) is 0 Å². The van der Waals surface area contributed by atoms with Crippen LogP contribution in [0.3, 0.4) is 0 Å². The number of aromatic nitrogens is 1. The minimum Gasteiger partial charge on any atom is -0.469 e. The summed E-state index contributed by atoms with van der Waals surface area (Å²) in [5, 5.41) is 0. The van der Waals surface area contributed by atoms with E-state index in [2.05, 4.69) is 114 Å². The first-order chi connectivity index (χ1) is 19.9. The fourth-order valence-corrected chi connectivity index (χ4v) is 7.47. The Hall–Kier alpha value is -3.20. The number of rotatable bonds is 11. The molecule has 3 aromatic rings. The van der Waals surface area contributed by atoms with Gasteiger partial charge in [-0.05, 0) is 105 Å². The number of carbonyl (C=O) groups is 1. The van der Waals surface area contributed by atoms with Gasteiger partial charge < -0.3 is 9.16 Å². The molecule has 0 fully saturated rings. The lowest BCUT2D eigenvalue weighted by Crippen LogP contribution is -2.41. The topological polar surface area (TPSA) is 48.4 Å². The van der Waals surface area contributed by atoms with Crippen LogP contribution in [-0.4, -0.2) is 32.0 Å². The molecule has 0 aliphatic heterocycles. The summed E-state index contributed by atoms with van der Waals surface area (Å²) < 4.78 is 11.4. The van der Waals surface area contributed by atoms with Crippen molar-refractivity contribution >= 4 is 14.3 Å². The molecule has 0 N–H and O–H groups in total. The lowest BCUT2D eigenvalue weighted by atomic mass is 9.69. The van der Waals surface area contributed by atoms with Crippen LogP contribution in [0, 0.1) is 25.7 Å². The molecule has 0 unspecified atom stereocenters. The molecule has 0 aliphatic rings. The fraction of sp³-hybridized carbons (Fsp3) is 0.459. The van der Waals surface area contributed by atoms with E-state index in [0.717, 1.165) is 47.9 Å². The Morgan fingerprint density at radius 3 is 2.00 bits per heavy atom. The van der Waals surface area contributed by atoms with E-state index in [0.29, 0.717) is 0 Å². The molecule has 224 valence electrons. The Bertz CT molecular complexity index is 1450. The molecule has 0 atom stereocenters. The van der Waals surface area contributed by atoms with Crippen LogP contribution in [0.5, 0.6) is 0 Å². The second-order valence-corrected chi connectivity index (χ2v) is 16.8. The van der Waals surface area contributed by atoms with E-state index >= 15 is 0 Å². The zero-order chi connectivity index (χ0) is 31.1. The lowest BCUT2D eigenvalue weighted by molar-refractivity contribution is -0.139. The number of hydrogen-bond acceptors (Lipinski definition) is 4. The molecule has 2 aromatic carbocycles. The highest BCUT2D eigenvalue weighted by Gasteiger charge is 2.33. The standard InChI is InChI=1S/C37H49NO3Si/c1-11-36(12-2,41-42(8,9)10)20-19-30-15-16-32(21-27(30)5)37(13-3,14-4)33-17-18-34(28(6)22-33)31-23-29(25-38-26-31)24-35(39)40-7/h15-18,21-23,25-26H,11-14,24H2,1-10H3. The molecule has 42 heavy (non-hydrogen) atoms. The number of ether oxygens (including phenoxy) is 1. The van der Waals surface area contributed by atoms with E-state index in [1.54, 1.807) is 6.20 Å². The van der Waals surface area contributed by atoms with Crippen molar-refractivity contribution in [2.75, 3.05) is 7.11 Å². The Morgan fingerprint density at radius 1 is 0.857 bits per heavy atom. The first-order valence-corrected chi connectivity index (χ1v) is 18.7. The van der Waals surface area contributed by atoms with Crippen LogP contribution in [0.2, 0.25) is 19.6 Å². The van der Waals surface area contributed by atoms with Gasteiger partial charge in [0.15, 0.2) is 8.32 Å². The maximum atomic E-state index is 11.8.